The van der Waals surface area contributed by atoms with Crippen molar-refractivity contribution in [1.82, 2.24) is 0 Å². The van der Waals surface area contributed by atoms with Crippen LogP contribution in [0, 0.1) is 5.92 Å². The highest BCUT2D eigenvalue weighted by Gasteiger charge is 2.77. The molecular formula is C26H20Cl2O6. The molecule has 0 amide bonds. The minimum Gasteiger partial charge on any atom is -0.492 e. The normalized spacial score (nSPS) is 27.1. The zero-order valence-electron chi connectivity index (χ0n) is 17.8. The topological polar surface area (TPSA) is 93.1 Å². The number of hydrogen-bond donors (Lipinski definition) is 2. The molecule has 0 spiro atoms. The van der Waals surface area contributed by atoms with Crippen molar-refractivity contribution in [3.05, 3.63) is 94.5 Å². The third-order valence-electron chi connectivity index (χ3n) is 6.61. The van der Waals surface area contributed by atoms with Gasteiger partial charge in [0.1, 0.15) is 24.0 Å². The number of aliphatic hydroxyl groups is 1. The van der Waals surface area contributed by atoms with Gasteiger partial charge in [-0.1, -0.05) is 54.1 Å². The summed E-state index contributed by atoms with van der Waals surface area (Å²) in [4.78, 5) is 26.3. The van der Waals surface area contributed by atoms with Crippen LogP contribution in [0.3, 0.4) is 0 Å². The van der Waals surface area contributed by atoms with E-state index in [4.69, 9.17) is 32.7 Å². The Hall–Kier alpha value is -3.06. The highest BCUT2D eigenvalue weighted by Crippen LogP contribution is 2.67. The largest absolute Gasteiger partial charge is 0.492 e. The molecule has 3 aromatic carbocycles. The van der Waals surface area contributed by atoms with Gasteiger partial charge in [0, 0.05) is 16.7 Å². The lowest BCUT2D eigenvalue weighted by Crippen LogP contribution is -2.50. The second kappa shape index (κ2) is 8.31. The maximum absolute atomic E-state index is 13.8. The average molecular weight is 499 g/mol. The summed E-state index contributed by atoms with van der Waals surface area (Å²) in [5, 5.41) is 22.8. The number of Topliss-reactive ketones (excluding diaryl/α,β-unsaturated/α-hetero) is 1. The molecule has 1 heterocycles. The summed E-state index contributed by atoms with van der Waals surface area (Å²) in [5.41, 5.74) is -2.82. The molecule has 6 nitrogen and oxygen atoms in total. The summed E-state index contributed by atoms with van der Waals surface area (Å²) in [7, 11) is 0. The van der Waals surface area contributed by atoms with Gasteiger partial charge >= 0.3 is 5.97 Å². The monoisotopic (exact) mass is 498 g/mol. The van der Waals surface area contributed by atoms with Gasteiger partial charge in [-0.3, -0.25) is 9.59 Å². The standard InChI is InChI=1S/C26H20Cl2O6/c27-12-13-33-18-10-11-19-20(14-18)34-26(16-6-8-17(28)9-7-16)22(15-4-2-1-3-5-15)21(24(30)31)23(29)25(19,26)32/h1-11,14,21-22,32H,12-13H2,(H,30,31)/t21-,22-,25+,26+/m1/s1. The number of carboxylic acid groups (broad SMARTS) is 1. The molecule has 3 aromatic rings. The number of fused-ring (bicyclic) bond motifs is 3. The van der Waals surface area contributed by atoms with Gasteiger partial charge in [0.05, 0.1) is 11.8 Å². The molecule has 0 saturated heterocycles. The molecule has 0 bridgehead atoms. The Kier molecular flexibility index (Phi) is 5.55. The van der Waals surface area contributed by atoms with Gasteiger partial charge in [0.2, 0.25) is 0 Å². The number of ether oxygens (including phenoxy) is 2. The predicted octanol–water partition coefficient (Wildman–Crippen LogP) is 4.50. The van der Waals surface area contributed by atoms with Gasteiger partial charge in [-0.25, -0.2) is 0 Å². The number of benzene rings is 3. The molecule has 8 heteroatoms. The van der Waals surface area contributed by atoms with Crippen LogP contribution in [0.25, 0.3) is 0 Å². The van der Waals surface area contributed by atoms with Crippen LogP contribution in [0.4, 0.5) is 0 Å². The molecule has 4 atom stereocenters. The van der Waals surface area contributed by atoms with Crippen LogP contribution in [0.1, 0.15) is 22.6 Å². The first-order chi connectivity index (χ1) is 16.3. The van der Waals surface area contributed by atoms with Crippen molar-refractivity contribution in [2.75, 3.05) is 12.5 Å². The lowest BCUT2D eigenvalue weighted by atomic mass is 9.71. The molecule has 174 valence electrons. The fourth-order valence-corrected chi connectivity index (χ4v) is 5.49. The molecular weight excluding hydrogens is 479 g/mol. The van der Waals surface area contributed by atoms with E-state index in [1.165, 1.54) is 0 Å². The van der Waals surface area contributed by atoms with E-state index in [1.807, 2.05) is 0 Å². The van der Waals surface area contributed by atoms with Crippen LogP contribution >= 0.6 is 23.2 Å². The first-order valence-electron chi connectivity index (χ1n) is 10.7. The Morgan fingerprint density at radius 3 is 2.41 bits per heavy atom. The number of alkyl halides is 1. The zero-order valence-corrected chi connectivity index (χ0v) is 19.3. The lowest BCUT2D eigenvalue weighted by Gasteiger charge is -2.39. The first-order valence-corrected chi connectivity index (χ1v) is 11.6. The summed E-state index contributed by atoms with van der Waals surface area (Å²) in [5.74, 6) is -3.76. The van der Waals surface area contributed by atoms with E-state index in [0.29, 0.717) is 21.9 Å². The van der Waals surface area contributed by atoms with E-state index < -0.39 is 34.8 Å². The zero-order chi connectivity index (χ0) is 24.1. The van der Waals surface area contributed by atoms with E-state index >= 15 is 0 Å². The third kappa shape index (κ3) is 3.06. The summed E-state index contributed by atoms with van der Waals surface area (Å²) in [6.45, 7) is 0.263. The minimum atomic E-state index is -2.26. The number of hydrogen-bond acceptors (Lipinski definition) is 5. The number of carbonyl (C=O) groups excluding carboxylic acids is 1. The van der Waals surface area contributed by atoms with Crippen LogP contribution in [-0.2, 0) is 20.8 Å². The van der Waals surface area contributed by atoms with Crippen molar-refractivity contribution in [3.63, 3.8) is 0 Å². The average Bonchev–Trinajstić information content (AvgIpc) is 3.21. The number of aliphatic carboxylic acids is 1. The number of rotatable bonds is 6. The van der Waals surface area contributed by atoms with Crippen molar-refractivity contribution in [1.29, 1.82) is 0 Å². The summed E-state index contributed by atoms with van der Waals surface area (Å²) in [6, 6.07) is 20.0. The van der Waals surface area contributed by atoms with E-state index in [0.717, 1.165) is 0 Å². The van der Waals surface area contributed by atoms with Gasteiger partial charge in [-0.2, -0.15) is 0 Å². The van der Waals surface area contributed by atoms with Gasteiger partial charge in [0.25, 0.3) is 0 Å². The molecule has 2 N–H and O–H groups in total. The Labute approximate surface area is 205 Å². The van der Waals surface area contributed by atoms with Gasteiger partial charge < -0.3 is 19.7 Å². The number of carbonyl (C=O) groups is 2. The van der Waals surface area contributed by atoms with E-state index in [1.54, 1.807) is 72.8 Å². The maximum atomic E-state index is 13.8. The molecule has 1 aliphatic heterocycles. The lowest BCUT2D eigenvalue weighted by molar-refractivity contribution is -0.154. The highest BCUT2D eigenvalue weighted by molar-refractivity contribution is 6.30. The van der Waals surface area contributed by atoms with Crippen molar-refractivity contribution in [2.45, 2.75) is 17.1 Å². The number of halogens is 2. The molecule has 0 aromatic heterocycles. The van der Waals surface area contributed by atoms with Crippen molar-refractivity contribution >= 4 is 35.0 Å². The summed E-state index contributed by atoms with van der Waals surface area (Å²) in [6.07, 6.45) is 0. The molecule has 0 radical (unpaired) electrons. The Morgan fingerprint density at radius 1 is 1.06 bits per heavy atom. The number of carboxylic acids is 1. The van der Waals surface area contributed by atoms with Crippen molar-refractivity contribution in [3.8, 4) is 11.5 Å². The molecule has 1 fully saturated rings. The fourth-order valence-electron chi connectivity index (χ4n) is 5.28. The third-order valence-corrected chi connectivity index (χ3v) is 7.01. The minimum absolute atomic E-state index is 0.190. The van der Waals surface area contributed by atoms with Crippen LogP contribution < -0.4 is 9.47 Å². The van der Waals surface area contributed by atoms with Crippen LogP contribution in [0.2, 0.25) is 5.02 Å². The molecule has 0 unspecified atom stereocenters. The van der Waals surface area contributed by atoms with Crippen molar-refractivity contribution < 1.29 is 29.3 Å². The maximum Gasteiger partial charge on any atom is 0.314 e. The fraction of sp³-hybridized carbons (Fsp3) is 0.231. The van der Waals surface area contributed by atoms with E-state index in [9.17, 15) is 19.8 Å². The highest BCUT2D eigenvalue weighted by atomic mass is 35.5. The second-order valence-electron chi connectivity index (χ2n) is 8.32. The molecule has 34 heavy (non-hydrogen) atoms. The Morgan fingerprint density at radius 2 is 1.76 bits per heavy atom. The predicted molar refractivity (Wildman–Crippen MR) is 126 cm³/mol. The summed E-state index contributed by atoms with van der Waals surface area (Å²) < 4.78 is 12.1. The SMILES string of the molecule is O=C(O)[C@H]1C(=O)[C@@]2(O)c3ccc(OCCCl)cc3O[C@@]2(c2ccc(Cl)cc2)[C@@H]1c1ccccc1. The quantitative estimate of drug-likeness (QED) is 0.383. The molecule has 1 saturated carbocycles. The number of ketones is 1. The first kappa shape index (κ1) is 22.7. The van der Waals surface area contributed by atoms with Crippen LogP contribution in [0.15, 0.2) is 72.8 Å². The van der Waals surface area contributed by atoms with E-state index in [-0.39, 0.29) is 23.8 Å². The Bertz CT molecular complexity index is 1260. The molecule has 2 aliphatic rings. The molecule has 5 rings (SSSR count). The molecule has 1 aliphatic carbocycles. The van der Waals surface area contributed by atoms with Crippen LogP contribution in [-0.4, -0.2) is 34.5 Å². The van der Waals surface area contributed by atoms with Crippen molar-refractivity contribution in [2.24, 2.45) is 5.92 Å². The smallest absolute Gasteiger partial charge is 0.314 e. The van der Waals surface area contributed by atoms with Crippen LogP contribution in [0.5, 0.6) is 11.5 Å². The van der Waals surface area contributed by atoms with E-state index in [2.05, 4.69) is 0 Å². The van der Waals surface area contributed by atoms with Gasteiger partial charge in [0.15, 0.2) is 17.0 Å². The Balaban J connectivity index is 1.80. The second-order valence-corrected chi connectivity index (χ2v) is 9.13. The van der Waals surface area contributed by atoms with Gasteiger partial charge in [-0.15, -0.1) is 11.6 Å². The summed E-state index contributed by atoms with van der Waals surface area (Å²) >= 11 is 11.8. The van der Waals surface area contributed by atoms with Gasteiger partial charge in [-0.05, 0) is 35.4 Å².